The quantitative estimate of drug-likeness (QED) is 0.577. The third-order valence-electron chi connectivity index (χ3n) is 4.64. The Morgan fingerprint density at radius 2 is 2.00 bits per heavy atom. The van der Waals surface area contributed by atoms with Gasteiger partial charge in [-0.3, -0.25) is 10.1 Å². The molecule has 0 aliphatic carbocycles. The number of nitrogens with zero attached hydrogens (tertiary/aromatic N) is 1. The third-order valence-corrected chi connectivity index (χ3v) is 4.64. The van der Waals surface area contributed by atoms with Crippen molar-refractivity contribution in [3.63, 3.8) is 0 Å². The van der Waals surface area contributed by atoms with Crippen LogP contribution in [0.1, 0.15) is 28.8 Å². The van der Waals surface area contributed by atoms with E-state index in [1.165, 1.54) is 7.11 Å². The molecule has 0 aromatic heterocycles. The molecule has 0 bridgehead atoms. The largest absolute Gasteiger partial charge is 0.493 e. The molecule has 2 aromatic rings. The van der Waals surface area contributed by atoms with Crippen LogP contribution < -0.4 is 20.1 Å². The summed E-state index contributed by atoms with van der Waals surface area (Å²) >= 11 is 0. The van der Waals surface area contributed by atoms with Gasteiger partial charge in [-0.05, 0) is 55.7 Å². The van der Waals surface area contributed by atoms with Crippen LogP contribution in [-0.2, 0) is 4.74 Å². The first-order chi connectivity index (χ1) is 14.1. The van der Waals surface area contributed by atoms with Crippen LogP contribution in [0.5, 0.6) is 11.5 Å². The van der Waals surface area contributed by atoms with Crippen LogP contribution in [0.4, 0.5) is 5.69 Å². The van der Waals surface area contributed by atoms with Crippen molar-refractivity contribution in [2.24, 2.45) is 4.99 Å². The summed E-state index contributed by atoms with van der Waals surface area (Å²) in [6.07, 6.45) is 2.10. The van der Waals surface area contributed by atoms with Crippen molar-refractivity contribution >= 4 is 17.6 Å². The lowest BCUT2D eigenvalue weighted by Crippen LogP contribution is -2.36. The molecule has 0 radical (unpaired) electrons. The zero-order valence-corrected chi connectivity index (χ0v) is 17.0. The molecule has 1 unspecified atom stereocenters. The molecule has 1 fully saturated rings. The zero-order valence-electron chi connectivity index (χ0n) is 17.0. The van der Waals surface area contributed by atoms with Gasteiger partial charge >= 0.3 is 0 Å². The molecule has 2 N–H and O–H groups in total. The lowest BCUT2D eigenvalue weighted by Gasteiger charge is -2.14. The lowest BCUT2D eigenvalue weighted by molar-refractivity contribution is 0.0975. The Kier molecular flexibility index (Phi) is 7.08. The molecule has 7 heteroatoms. The summed E-state index contributed by atoms with van der Waals surface area (Å²) in [5.41, 5.74) is 2.40. The predicted molar refractivity (Wildman–Crippen MR) is 113 cm³/mol. The highest BCUT2D eigenvalue weighted by Gasteiger charge is 2.17. The van der Waals surface area contributed by atoms with Gasteiger partial charge in [-0.1, -0.05) is 12.1 Å². The minimum atomic E-state index is -0.294. The van der Waals surface area contributed by atoms with Gasteiger partial charge in [0, 0.05) is 17.9 Å². The van der Waals surface area contributed by atoms with Gasteiger partial charge in [0.05, 0.1) is 26.9 Å². The van der Waals surface area contributed by atoms with Crippen LogP contribution in [0, 0.1) is 6.92 Å². The molecule has 0 saturated carbocycles. The smallest absolute Gasteiger partial charge is 0.258 e. The highest BCUT2D eigenvalue weighted by atomic mass is 16.5. The minimum Gasteiger partial charge on any atom is -0.493 e. The van der Waals surface area contributed by atoms with Gasteiger partial charge in [0.2, 0.25) is 5.96 Å². The minimum absolute atomic E-state index is 0.0855. The van der Waals surface area contributed by atoms with Gasteiger partial charge in [-0.15, -0.1) is 0 Å². The van der Waals surface area contributed by atoms with Crippen molar-refractivity contribution in [2.45, 2.75) is 25.9 Å². The van der Waals surface area contributed by atoms with E-state index in [1.807, 2.05) is 31.2 Å². The Balaban J connectivity index is 1.77. The highest BCUT2D eigenvalue weighted by Crippen LogP contribution is 2.27. The van der Waals surface area contributed by atoms with Crippen molar-refractivity contribution < 1.29 is 19.0 Å². The van der Waals surface area contributed by atoms with Crippen LogP contribution in [0.2, 0.25) is 0 Å². The molecule has 0 spiro atoms. The molecule has 2 aromatic carbocycles. The molecule has 7 nitrogen and oxygen atoms in total. The summed E-state index contributed by atoms with van der Waals surface area (Å²) in [5.74, 6) is 1.14. The maximum atomic E-state index is 12.8. The van der Waals surface area contributed by atoms with E-state index in [1.54, 1.807) is 25.3 Å². The molecule has 29 heavy (non-hydrogen) atoms. The fourth-order valence-electron chi connectivity index (χ4n) is 3.11. The summed E-state index contributed by atoms with van der Waals surface area (Å²) in [5, 5.41) is 6.06. The highest BCUT2D eigenvalue weighted by molar-refractivity contribution is 6.10. The number of carbonyl (C=O) groups is 1. The molecule has 1 saturated heterocycles. The average molecular weight is 397 g/mol. The molecule has 1 atom stereocenters. The number of ether oxygens (including phenoxy) is 3. The first-order valence-corrected chi connectivity index (χ1v) is 9.62. The van der Waals surface area contributed by atoms with Crippen molar-refractivity contribution in [1.29, 1.82) is 0 Å². The summed E-state index contributed by atoms with van der Waals surface area (Å²) in [7, 11) is 3.09. The SMILES string of the molecule is COc1ccc(C(=O)NC(=NCC2CCCO2)Nc2cccc(C)c2)cc1OC. The molecule has 154 valence electrons. The molecule has 1 amide bonds. The second-order valence-electron chi connectivity index (χ2n) is 6.84. The Morgan fingerprint density at radius 1 is 1.17 bits per heavy atom. The Morgan fingerprint density at radius 3 is 2.69 bits per heavy atom. The van der Waals surface area contributed by atoms with Gasteiger partial charge in [0.15, 0.2) is 11.5 Å². The number of nitrogens with one attached hydrogen (secondary N) is 2. The molecule has 3 rings (SSSR count). The number of benzene rings is 2. The van der Waals surface area contributed by atoms with E-state index < -0.39 is 0 Å². The molecule has 1 aliphatic rings. The van der Waals surface area contributed by atoms with E-state index in [0.717, 1.165) is 30.7 Å². The number of aliphatic imine (C=N–C) groups is 1. The number of rotatable bonds is 6. The number of aryl methyl sites for hydroxylation is 1. The molecule has 1 aliphatic heterocycles. The topological polar surface area (TPSA) is 81.2 Å². The van der Waals surface area contributed by atoms with Gasteiger partial charge in [-0.25, -0.2) is 4.99 Å². The van der Waals surface area contributed by atoms with E-state index in [9.17, 15) is 4.79 Å². The summed E-state index contributed by atoms with van der Waals surface area (Å²) in [6, 6.07) is 12.9. The maximum absolute atomic E-state index is 12.8. The van der Waals surface area contributed by atoms with Crippen LogP contribution in [0.3, 0.4) is 0 Å². The number of methoxy groups -OCH3 is 2. The Bertz CT molecular complexity index is 876. The average Bonchev–Trinajstić information content (AvgIpc) is 3.25. The monoisotopic (exact) mass is 397 g/mol. The second-order valence-corrected chi connectivity index (χ2v) is 6.84. The van der Waals surface area contributed by atoms with E-state index >= 15 is 0 Å². The zero-order chi connectivity index (χ0) is 20.6. The van der Waals surface area contributed by atoms with Crippen molar-refractivity contribution in [3.8, 4) is 11.5 Å². The van der Waals surface area contributed by atoms with Gasteiger partial charge in [-0.2, -0.15) is 0 Å². The van der Waals surface area contributed by atoms with Crippen molar-refractivity contribution in [1.82, 2.24) is 5.32 Å². The fourth-order valence-corrected chi connectivity index (χ4v) is 3.11. The van der Waals surface area contributed by atoms with Crippen LogP contribution in [-0.4, -0.2) is 45.3 Å². The summed E-state index contributed by atoms with van der Waals surface area (Å²) < 4.78 is 16.2. The standard InChI is InChI=1S/C22H27N3O4/c1-15-6-4-7-17(12-15)24-22(23-14-18-8-5-11-29-18)25-21(26)16-9-10-19(27-2)20(13-16)28-3/h4,6-7,9-10,12-13,18H,5,8,11,14H2,1-3H3,(H2,23,24,25,26). The summed E-state index contributed by atoms with van der Waals surface area (Å²) in [4.78, 5) is 17.4. The molecular weight excluding hydrogens is 370 g/mol. The van der Waals surface area contributed by atoms with E-state index in [-0.39, 0.29) is 12.0 Å². The summed E-state index contributed by atoms with van der Waals surface area (Å²) in [6.45, 7) is 3.26. The number of guanidine groups is 1. The van der Waals surface area contributed by atoms with E-state index in [2.05, 4.69) is 15.6 Å². The van der Waals surface area contributed by atoms with Gasteiger partial charge < -0.3 is 19.5 Å². The van der Waals surface area contributed by atoms with Crippen LogP contribution >= 0.6 is 0 Å². The number of hydrogen-bond acceptors (Lipinski definition) is 5. The molecule has 1 heterocycles. The van der Waals surface area contributed by atoms with Gasteiger partial charge in [0.1, 0.15) is 0 Å². The van der Waals surface area contributed by atoms with Crippen molar-refractivity contribution in [2.75, 3.05) is 32.7 Å². The molecular formula is C22H27N3O4. The predicted octanol–water partition coefficient (Wildman–Crippen LogP) is 3.39. The Hall–Kier alpha value is -3.06. The fraction of sp³-hybridized carbons (Fsp3) is 0.364. The van der Waals surface area contributed by atoms with E-state index in [0.29, 0.717) is 29.6 Å². The van der Waals surface area contributed by atoms with Crippen molar-refractivity contribution in [3.05, 3.63) is 53.6 Å². The number of anilines is 1. The van der Waals surface area contributed by atoms with Gasteiger partial charge in [0.25, 0.3) is 5.91 Å². The van der Waals surface area contributed by atoms with E-state index in [4.69, 9.17) is 14.2 Å². The number of carbonyl (C=O) groups excluding carboxylic acids is 1. The lowest BCUT2D eigenvalue weighted by atomic mass is 10.2. The first-order valence-electron chi connectivity index (χ1n) is 9.62. The number of hydrogen-bond donors (Lipinski definition) is 2. The maximum Gasteiger partial charge on any atom is 0.258 e. The number of amides is 1. The van der Waals surface area contributed by atoms with Crippen LogP contribution in [0.25, 0.3) is 0 Å². The Labute approximate surface area is 171 Å². The third kappa shape index (κ3) is 5.71. The normalized spacial score (nSPS) is 16.4. The first kappa shape index (κ1) is 20.7. The van der Waals surface area contributed by atoms with Crippen LogP contribution in [0.15, 0.2) is 47.5 Å². The second kappa shape index (κ2) is 9.93.